The minimum Gasteiger partial charge on any atom is -0.375 e. The van der Waals surface area contributed by atoms with E-state index in [1.807, 2.05) is 60.7 Å². The summed E-state index contributed by atoms with van der Waals surface area (Å²) in [5, 5.41) is 2.12. The van der Waals surface area contributed by atoms with E-state index in [0.717, 1.165) is 81.5 Å². The maximum absolute atomic E-state index is 13.4. The summed E-state index contributed by atoms with van der Waals surface area (Å²) in [6.45, 7) is 1.65. The first kappa shape index (κ1) is 27.5. The third kappa shape index (κ3) is 5.45. The topological polar surface area (TPSA) is 40.6 Å². The molecule has 4 heteroatoms. The molecule has 0 radical (unpaired) electrons. The van der Waals surface area contributed by atoms with E-state index in [2.05, 4.69) is 72.4 Å². The van der Waals surface area contributed by atoms with Crippen molar-refractivity contribution in [3.63, 3.8) is 0 Å². The van der Waals surface area contributed by atoms with Gasteiger partial charge in [-0.3, -0.25) is 9.59 Å². The number of carbonyl (C=O) groups is 2. The van der Waals surface area contributed by atoms with Crippen molar-refractivity contribution in [3.8, 4) is 22.3 Å². The van der Waals surface area contributed by atoms with Crippen molar-refractivity contribution in [2.45, 2.75) is 25.7 Å². The van der Waals surface area contributed by atoms with Crippen LogP contribution in [-0.2, 0) is 0 Å². The van der Waals surface area contributed by atoms with Gasteiger partial charge in [-0.05, 0) is 76.2 Å². The Kier molecular flexibility index (Phi) is 7.87. The normalized spacial score (nSPS) is 11.4. The van der Waals surface area contributed by atoms with E-state index in [4.69, 9.17) is 0 Å². The predicted octanol–water partition coefficient (Wildman–Crippen LogP) is 8.69. The molecule has 0 atom stereocenters. The van der Waals surface area contributed by atoms with Crippen molar-refractivity contribution in [3.05, 3.63) is 120 Å². The summed E-state index contributed by atoms with van der Waals surface area (Å²) in [7, 11) is 4.13. The molecule has 210 valence electrons. The van der Waals surface area contributed by atoms with E-state index in [-0.39, 0.29) is 11.6 Å². The predicted molar refractivity (Wildman–Crippen MR) is 175 cm³/mol. The maximum atomic E-state index is 13.4. The summed E-state index contributed by atoms with van der Waals surface area (Å²) in [6.07, 6.45) is 2.59. The fraction of sp³-hybridized carbons (Fsp3) is 0.211. The molecule has 0 unspecified atom stereocenters. The molecule has 0 heterocycles. The number of ketones is 2. The second-order valence-corrected chi connectivity index (χ2v) is 11.2. The smallest absolute Gasteiger partial charge is 0.163 e. The average Bonchev–Trinajstić information content (AvgIpc) is 3.36. The SMILES string of the molecule is CN(CCCC(=O)c1ccc2c(c1)-c1ccc(C(=O)CCCN(C)c3ccccc3)c3cccc-2c13)c1ccccc1. The summed E-state index contributed by atoms with van der Waals surface area (Å²) >= 11 is 0. The first-order valence-electron chi connectivity index (χ1n) is 14.8. The van der Waals surface area contributed by atoms with Gasteiger partial charge in [0.25, 0.3) is 0 Å². The Hall–Kier alpha value is -4.70. The number of hydrogen-bond donors (Lipinski definition) is 0. The number of benzene rings is 5. The second-order valence-electron chi connectivity index (χ2n) is 11.2. The lowest BCUT2D eigenvalue weighted by Gasteiger charge is -2.19. The number of Topliss-reactive ketones (excluding diaryl/α,β-unsaturated/α-hetero) is 2. The minimum atomic E-state index is 0.165. The molecule has 0 bridgehead atoms. The molecular formula is C38H36N2O2. The number of hydrogen-bond acceptors (Lipinski definition) is 4. The maximum Gasteiger partial charge on any atom is 0.163 e. The first-order chi connectivity index (χ1) is 20.5. The molecular weight excluding hydrogens is 516 g/mol. The first-order valence-corrected chi connectivity index (χ1v) is 14.8. The van der Waals surface area contributed by atoms with E-state index in [1.165, 1.54) is 0 Å². The van der Waals surface area contributed by atoms with Gasteiger partial charge >= 0.3 is 0 Å². The van der Waals surface area contributed by atoms with Gasteiger partial charge in [0, 0.05) is 62.5 Å². The molecule has 4 nitrogen and oxygen atoms in total. The molecule has 0 N–H and O–H groups in total. The van der Waals surface area contributed by atoms with Crippen LogP contribution in [0.2, 0.25) is 0 Å². The van der Waals surface area contributed by atoms with Crippen LogP contribution in [0.1, 0.15) is 46.4 Å². The molecule has 0 aromatic heterocycles. The fourth-order valence-corrected chi connectivity index (χ4v) is 6.13. The Labute approximate surface area is 248 Å². The van der Waals surface area contributed by atoms with E-state index in [1.54, 1.807) is 0 Å². The van der Waals surface area contributed by atoms with Crippen LogP contribution in [0.15, 0.2) is 109 Å². The quantitative estimate of drug-likeness (QED) is 0.142. The lowest BCUT2D eigenvalue weighted by Crippen LogP contribution is -2.19. The van der Waals surface area contributed by atoms with Crippen molar-refractivity contribution in [1.29, 1.82) is 0 Å². The van der Waals surface area contributed by atoms with Gasteiger partial charge in [-0.25, -0.2) is 0 Å². The van der Waals surface area contributed by atoms with E-state index < -0.39 is 0 Å². The zero-order valence-electron chi connectivity index (χ0n) is 24.3. The zero-order chi connectivity index (χ0) is 29.1. The zero-order valence-corrected chi connectivity index (χ0v) is 24.3. The highest BCUT2D eigenvalue weighted by molar-refractivity contribution is 6.21. The standard InChI is InChI=1S/C38H36N2O2/c1-39(28-12-5-3-6-13-28)24-10-18-36(41)27-20-21-30-32-16-9-17-33-31(22-23-34(38(32)33)35(30)26-27)37(42)19-11-25-40(2)29-14-7-4-8-15-29/h3-9,12-17,20-23,26H,10-11,18-19,24-25H2,1-2H3. The molecule has 0 saturated heterocycles. The van der Waals surface area contributed by atoms with Crippen LogP contribution < -0.4 is 9.80 Å². The summed E-state index contributed by atoms with van der Waals surface area (Å²) in [5.74, 6) is 0.339. The lowest BCUT2D eigenvalue weighted by atomic mass is 9.94. The van der Waals surface area contributed by atoms with Crippen molar-refractivity contribution < 1.29 is 9.59 Å². The molecule has 1 aliphatic carbocycles. The largest absolute Gasteiger partial charge is 0.375 e. The molecule has 0 saturated carbocycles. The number of anilines is 2. The number of carbonyl (C=O) groups excluding carboxylic acids is 2. The highest BCUT2D eigenvalue weighted by Gasteiger charge is 2.25. The van der Waals surface area contributed by atoms with Gasteiger partial charge in [-0.2, -0.15) is 0 Å². The molecule has 1 aliphatic rings. The average molecular weight is 553 g/mol. The van der Waals surface area contributed by atoms with Gasteiger partial charge < -0.3 is 9.80 Å². The summed E-state index contributed by atoms with van der Waals surface area (Å²) in [6, 6.07) is 36.9. The van der Waals surface area contributed by atoms with Crippen LogP contribution in [-0.4, -0.2) is 38.8 Å². The fourth-order valence-electron chi connectivity index (χ4n) is 6.13. The second kappa shape index (κ2) is 12.0. The van der Waals surface area contributed by atoms with Gasteiger partial charge in [-0.1, -0.05) is 78.9 Å². The van der Waals surface area contributed by atoms with E-state index in [9.17, 15) is 9.59 Å². The van der Waals surface area contributed by atoms with Crippen molar-refractivity contribution in [2.24, 2.45) is 0 Å². The van der Waals surface area contributed by atoms with E-state index >= 15 is 0 Å². The molecule has 6 rings (SSSR count). The third-order valence-corrected chi connectivity index (χ3v) is 8.45. The van der Waals surface area contributed by atoms with Gasteiger partial charge in [-0.15, -0.1) is 0 Å². The third-order valence-electron chi connectivity index (χ3n) is 8.45. The van der Waals surface area contributed by atoms with Crippen molar-refractivity contribution in [2.75, 3.05) is 37.0 Å². The van der Waals surface area contributed by atoms with Gasteiger partial charge in [0.2, 0.25) is 0 Å². The van der Waals surface area contributed by atoms with Crippen molar-refractivity contribution >= 4 is 33.7 Å². The molecule has 0 spiro atoms. The van der Waals surface area contributed by atoms with Gasteiger partial charge in [0.1, 0.15) is 0 Å². The Morgan fingerprint density at radius 1 is 0.548 bits per heavy atom. The van der Waals surface area contributed by atoms with Crippen LogP contribution in [0.5, 0.6) is 0 Å². The van der Waals surface area contributed by atoms with Crippen LogP contribution in [0.3, 0.4) is 0 Å². The molecule has 0 amide bonds. The molecule has 5 aromatic carbocycles. The number of rotatable bonds is 12. The summed E-state index contributed by atoms with van der Waals surface area (Å²) < 4.78 is 0. The Morgan fingerprint density at radius 3 is 1.76 bits per heavy atom. The number of nitrogens with zero attached hydrogens (tertiary/aromatic N) is 2. The van der Waals surface area contributed by atoms with Gasteiger partial charge in [0.05, 0.1) is 0 Å². The monoisotopic (exact) mass is 552 g/mol. The summed E-state index contributed by atoms with van der Waals surface area (Å²) in [4.78, 5) is 31.0. The number of fused-ring (bicyclic) bond motifs is 3. The van der Waals surface area contributed by atoms with Crippen molar-refractivity contribution in [1.82, 2.24) is 0 Å². The Bertz CT molecular complexity index is 1740. The van der Waals surface area contributed by atoms with Crippen LogP contribution in [0.25, 0.3) is 33.0 Å². The molecule has 42 heavy (non-hydrogen) atoms. The highest BCUT2D eigenvalue weighted by Crippen LogP contribution is 2.48. The van der Waals surface area contributed by atoms with Gasteiger partial charge in [0.15, 0.2) is 11.6 Å². The van der Waals surface area contributed by atoms with Crippen LogP contribution in [0, 0.1) is 0 Å². The molecule has 5 aromatic rings. The number of para-hydroxylation sites is 2. The summed E-state index contributed by atoms with van der Waals surface area (Å²) in [5.41, 5.74) is 8.30. The van der Waals surface area contributed by atoms with E-state index in [0.29, 0.717) is 12.8 Å². The molecule has 0 fully saturated rings. The van der Waals surface area contributed by atoms with Crippen LogP contribution >= 0.6 is 0 Å². The Balaban J connectivity index is 1.16. The Morgan fingerprint density at radius 2 is 1.12 bits per heavy atom. The molecule has 0 aliphatic heterocycles. The minimum absolute atomic E-state index is 0.165. The lowest BCUT2D eigenvalue weighted by molar-refractivity contribution is 0.0973. The van der Waals surface area contributed by atoms with Crippen LogP contribution in [0.4, 0.5) is 11.4 Å². The highest BCUT2D eigenvalue weighted by atomic mass is 16.1.